The lowest BCUT2D eigenvalue weighted by Crippen LogP contribution is -2.29. The van der Waals surface area contributed by atoms with Gasteiger partial charge < -0.3 is 10.2 Å². The van der Waals surface area contributed by atoms with Crippen molar-refractivity contribution in [3.8, 4) is 11.8 Å². The highest BCUT2D eigenvalue weighted by molar-refractivity contribution is 7.91. The van der Waals surface area contributed by atoms with Gasteiger partial charge in [0.2, 0.25) is 5.88 Å². The van der Waals surface area contributed by atoms with Crippen LogP contribution >= 0.6 is 0 Å². The molecule has 11 heteroatoms. The summed E-state index contributed by atoms with van der Waals surface area (Å²) >= 11 is 0. The quantitative estimate of drug-likeness (QED) is 0.719. The van der Waals surface area contributed by atoms with Gasteiger partial charge in [-0.25, -0.2) is 9.03 Å². The number of aromatic hydroxyl groups is 1. The summed E-state index contributed by atoms with van der Waals surface area (Å²) < 4.78 is 65.4. The molecule has 2 aromatic carbocycles. The number of phenolic OH excluding ortho intramolecular Hbond substituents is 1. The van der Waals surface area contributed by atoms with E-state index < -0.39 is 39.1 Å². The number of nitrogens with zero attached hydrogens (tertiary/aromatic N) is 2. The lowest BCUT2D eigenvalue weighted by atomic mass is 9.96. The van der Waals surface area contributed by atoms with E-state index in [0.717, 1.165) is 12.3 Å². The van der Waals surface area contributed by atoms with E-state index in [0.29, 0.717) is 9.87 Å². The molecule has 0 fully saturated rings. The molecule has 0 aromatic heterocycles. The van der Waals surface area contributed by atoms with Gasteiger partial charge in [-0.1, -0.05) is 18.2 Å². The second-order valence-electron chi connectivity index (χ2n) is 5.87. The third-order valence-electron chi connectivity index (χ3n) is 3.97. The van der Waals surface area contributed by atoms with Crippen LogP contribution in [0.15, 0.2) is 48.5 Å². The Morgan fingerprint density at radius 1 is 1.18 bits per heavy atom. The molecule has 0 aliphatic carbocycles. The number of hydrogen-bond donors (Lipinski definition) is 3. The van der Waals surface area contributed by atoms with E-state index in [-0.39, 0.29) is 17.7 Å². The molecule has 3 rings (SSSR count). The van der Waals surface area contributed by atoms with E-state index >= 15 is 0 Å². The molecule has 0 amide bonds. The van der Waals surface area contributed by atoms with Crippen molar-refractivity contribution in [2.24, 2.45) is 0 Å². The van der Waals surface area contributed by atoms with Gasteiger partial charge in [0, 0.05) is 0 Å². The van der Waals surface area contributed by atoms with E-state index in [4.69, 9.17) is 5.26 Å². The summed E-state index contributed by atoms with van der Waals surface area (Å²) in [7, 11) is -4.10. The molecule has 1 aliphatic rings. The Hall–Kier alpha value is -3.39. The summed E-state index contributed by atoms with van der Waals surface area (Å²) in [4.78, 5) is 0. The zero-order chi connectivity index (χ0) is 20.7. The maximum absolute atomic E-state index is 13.1. The summed E-state index contributed by atoms with van der Waals surface area (Å²) in [5.41, 5.74) is -1.27. The molecule has 146 valence electrons. The molecule has 0 radical (unpaired) electrons. The molecular formula is C17H12F3N3O4S. The van der Waals surface area contributed by atoms with Gasteiger partial charge in [0.1, 0.15) is 17.5 Å². The minimum Gasteiger partial charge on any atom is -0.506 e. The monoisotopic (exact) mass is 411 g/mol. The van der Waals surface area contributed by atoms with Gasteiger partial charge in [-0.15, -0.1) is 0 Å². The van der Waals surface area contributed by atoms with Crippen LogP contribution in [0.2, 0.25) is 0 Å². The fourth-order valence-electron chi connectivity index (χ4n) is 2.79. The summed E-state index contributed by atoms with van der Waals surface area (Å²) in [6.45, 7) is 0. The number of halogens is 3. The van der Waals surface area contributed by atoms with E-state index in [2.05, 4.69) is 0 Å². The van der Waals surface area contributed by atoms with Crippen molar-refractivity contribution in [3.63, 3.8) is 0 Å². The normalized spacial score (nSPS) is 15.6. The predicted octanol–water partition coefficient (Wildman–Crippen LogP) is 2.88. The van der Waals surface area contributed by atoms with Crippen LogP contribution in [0.1, 0.15) is 22.3 Å². The number of alkyl halides is 3. The standard InChI is InChI=1S/C17H12F3N3O4S/c18-17(19,20)13-3-1-2-11(12(13)8-21)6-10-4-5-14(15(24)7-10)23-9-16(25)22-28(23,26)27/h1-5,7,9,22,24-25H,6H2. The van der Waals surface area contributed by atoms with Crippen molar-refractivity contribution in [2.45, 2.75) is 12.6 Å². The van der Waals surface area contributed by atoms with Gasteiger partial charge in [0.15, 0.2) is 0 Å². The van der Waals surface area contributed by atoms with Crippen molar-refractivity contribution < 1.29 is 31.8 Å². The number of aliphatic hydroxyl groups excluding tert-OH is 1. The number of rotatable bonds is 3. The van der Waals surface area contributed by atoms with Gasteiger partial charge in [-0.3, -0.25) is 0 Å². The topological polar surface area (TPSA) is 114 Å². The third-order valence-corrected chi connectivity index (χ3v) is 5.26. The highest BCUT2D eigenvalue weighted by atomic mass is 32.2. The number of aliphatic hydroxyl groups is 1. The molecular weight excluding hydrogens is 399 g/mol. The number of nitrogens with one attached hydrogen (secondary N) is 1. The smallest absolute Gasteiger partial charge is 0.417 e. The van der Waals surface area contributed by atoms with Crippen LogP contribution in [0.25, 0.3) is 0 Å². The Bertz CT molecular complexity index is 1120. The average molecular weight is 411 g/mol. The first-order valence-corrected chi connectivity index (χ1v) is 9.11. The van der Waals surface area contributed by atoms with E-state index in [9.17, 15) is 31.8 Å². The van der Waals surface area contributed by atoms with Crippen molar-refractivity contribution >= 4 is 15.9 Å². The maximum atomic E-state index is 13.1. The van der Waals surface area contributed by atoms with Gasteiger partial charge in [0.25, 0.3) is 0 Å². The van der Waals surface area contributed by atoms with Crippen LogP contribution in [0.5, 0.6) is 5.75 Å². The van der Waals surface area contributed by atoms with Crippen LogP contribution < -0.4 is 9.03 Å². The van der Waals surface area contributed by atoms with Crippen LogP contribution in [0.4, 0.5) is 18.9 Å². The van der Waals surface area contributed by atoms with Crippen LogP contribution in [0.3, 0.4) is 0 Å². The molecule has 28 heavy (non-hydrogen) atoms. The lowest BCUT2D eigenvalue weighted by Gasteiger charge is -2.16. The van der Waals surface area contributed by atoms with Gasteiger partial charge >= 0.3 is 16.4 Å². The Kier molecular flexibility index (Phi) is 4.60. The average Bonchev–Trinajstić information content (AvgIpc) is 2.86. The van der Waals surface area contributed by atoms with Crippen LogP contribution in [-0.4, -0.2) is 18.6 Å². The summed E-state index contributed by atoms with van der Waals surface area (Å²) in [5.74, 6) is -1.11. The molecule has 0 atom stereocenters. The molecule has 1 aliphatic heterocycles. The minimum absolute atomic E-state index is 0.0905. The second kappa shape index (κ2) is 6.65. The number of anilines is 1. The molecule has 2 aromatic rings. The predicted molar refractivity (Wildman–Crippen MR) is 92.3 cm³/mol. The fraction of sp³-hybridized carbons (Fsp3) is 0.118. The molecule has 0 unspecified atom stereocenters. The first-order valence-electron chi connectivity index (χ1n) is 7.67. The Labute approximate surface area is 157 Å². The summed E-state index contributed by atoms with van der Waals surface area (Å²) in [5, 5.41) is 28.6. The Morgan fingerprint density at radius 3 is 2.43 bits per heavy atom. The molecule has 0 saturated carbocycles. The molecule has 1 heterocycles. The van der Waals surface area contributed by atoms with E-state index in [1.165, 1.54) is 30.3 Å². The summed E-state index contributed by atoms with van der Waals surface area (Å²) in [6, 6.07) is 8.74. The highest BCUT2D eigenvalue weighted by Gasteiger charge is 2.34. The fourth-order valence-corrected chi connectivity index (χ4v) is 3.86. The molecule has 0 saturated heterocycles. The molecule has 0 bridgehead atoms. The Morgan fingerprint density at radius 2 is 1.89 bits per heavy atom. The van der Waals surface area contributed by atoms with Crippen molar-refractivity contribution in [1.29, 1.82) is 5.26 Å². The van der Waals surface area contributed by atoms with Gasteiger partial charge in [-0.05, 0) is 35.7 Å². The molecule has 7 nitrogen and oxygen atoms in total. The third kappa shape index (κ3) is 3.54. The molecule has 3 N–H and O–H groups in total. The lowest BCUT2D eigenvalue weighted by molar-refractivity contribution is -0.137. The second-order valence-corrected chi connectivity index (χ2v) is 7.41. The minimum atomic E-state index is -4.68. The first kappa shape index (κ1) is 19.4. The van der Waals surface area contributed by atoms with Gasteiger partial charge in [0.05, 0.1) is 17.3 Å². The largest absolute Gasteiger partial charge is 0.506 e. The van der Waals surface area contributed by atoms with Crippen molar-refractivity contribution in [2.75, 3.05) is 4.31 Å². The van der Waals surface area contributed by atoms with Crippen molar-refractivity contribution in [3.05, 3.63) is 70.7 Å². The zero-order valence-corrected chi connectivity index (χ0v) is 14.7. The van der Waals surface area contributed by atoms with Crippen LogP contribution in [-0.2, 0) is 22.8 Å². The van der Waals surface area contributed by atoms with Crippen LogP contribution in [0, 0.1) is 11.3 Å². The maximum Gasteiger partial charge on any atom is 0.417 e. The highest BCUT2D eigenvalue weighted by Crippen LogP contribution is 2.35. The Balaban J connectivity index is 1.96. The van der Waals surface area contributed by atoms with E-state index in [1.54, 1.807) is 6.07 Å². The first-order chi connectivity index (χ1) is 13.0. The van der Waals surface area contributed by atoms with Gasteiger partial charge in [-0.2, -0.15) is 26.9 Å². The number of nitriles is 1. The summed E-state index contributed by atoms with van der Waals surface area (Å²) in [6.07, 6.45) is -3.92. The van der Waals surface area contributed by atoms with Crippen molar-refractivity contribution in [1.82, 2.24) is 4.72 Å². The SMILES string of the molecule is N#Cc1c(Cc2ccc(N3C=C(O)NS3(=O)=O)c(O)c2)cccc1C(F)(F)F. The number of benzene rings is 2. The number of hydrogen-bond acceptors (Lipinski definition) is 5. The zero-order valence-electron chi connectivity index (χ0n) is 13.9. The number of phenols is 1. The molecule has 0 spiro atoms. The van der Waals surface area contributed by atoms with E-state index in [1.807, 2.05) is 4.72 Å².